The van der Waals surface area contributed by atoms with Crippen LogP contribution in [-0.2, 0) is 4.74 Å². The van der Waals surface area contributed by atoms with Crippen LogP contribution in [0.1, 0.15) is 11.1 Å². The molecular weight excluding hydrogens is 317 g/mol. The van der Waals surface area contributed by atoms with Crippen LogP contribution in [0.4, 0.5) is 10.5 Å². The van der Waals surface area contributed by atoms with Gasteiger partial charge in [-0.25, -0.2) is 4.79 Å². The lowest BCUT2D eigenvalue weighted by molar-refractivity contribution is 0.199. The molecule has 1 fully saturated rings. The number of nitrogens with zero attached hydrogens (tertiary/aromatic N) is 1. The molecule has 0 bridgehead atoms. The molecule has 0 spiro atoms. The zero-order chi connectivity index (χ0) is 11.7. The highest BCUT2D eigenvalue weighted by Crippen LogP contribution is 2.29. The van der Waals surface area contributed by atoms with Crippen molar-refractivity contribution in [1.82, 2.24) is 0 Å². The Kier molecular flexibility index (Phi) is 3.18. The van der Waals surface area contributed by atoms with Gasteiger partial charge in [0.25, 0.3) is 0 Å². The molecule has 0 saturated carbocycles. The monoisotopic (exact) mass is 329 g/mol. The molecule has 4 heteroatoms. The Hall–Kier alpha value is -1.04. The number of rotatable bonds is 1. The number of hydrogen-bond donors (Lipinski definition) is 0. The summed E-state index contributed by atoms with van der Waals surface area (Å²) in [5.74, 6) is 0.702. The molecule has 1 aromatic rings. The molecule has 1 heterocycles. The van der Waals surface area contributed by atoms with Crippen LogP contribution >= 0.6 is 22.6 Å². The molecule has 0 unspecified atom stereocenters. The van der Waals surface area contributed by atoms with Gasteiger partial charge in [-0.15, -0.1) is 0 Å². The fourth-order valence-corrected chi connectivity index (χ4v) is 2.20. The average Bonchev–Trinajstić information content (AvgIpc) is 2.60. The number of anilines is 1. The molecule has 3 nitrogen and oxygen atoms in total. The molecule has 16 heavy (non-hydrogen) atoms. The van der Waals surface area contributed by atoms with Crippen molar-refractivity contribution >= 4 is 34.4 Å². The highest BCUT2D eigenvalue weighted by Gasteiger charge is 2.29. The summed E-state index contributed by atoms with van der Waals surface area (Å²) in [6.07, 6.45) is -0.291. The van der Waals surface area contributed by atoms with Gasteiger partial charge in [-0.3, -0.25) is 4.90 Å². The van der Waals surface area contributed by atoms with Crippen molar-refractivity contribution in [2.45, 2.75) is 13.8 Å². The number of ether oxygens (including phenoxy) is 1. The molecule has 0 N–H and O–H groups in total. The molecule has 1 aliphatic heterocycles. The second kappa shape index (κ2) is 4.45. The van der Waals surface area contributed by atoms with Crippen molar-refractivity contribution in [3.8, 4) is 0 Å². The highest BCUT2D eigenvalue weighted by molar-refractivity contribution is 14.1. The van der Waals surface area contributed by atoms with Crippen molar-refractivity contribution in [1.29, 1.82) is 0 Å². The lowest BCUT2D eigenvalue weighted by Gasteiger charge is -2.17. The number of carbonyl (C=O) groups excluding carboxylic acids is 1. The van der Waals surface area contributed by atoms with Crippen LogP contribution in [0.2, 0.25) is 0 Å². The first-order valence-electron chi connectivity index (χ1n) is 4.98. The summed E-state index contributed by atoms with van der Waals surface area (Å²) in [5.41, 5.74) is 3.14. The van der Waals surface area contributed by atoms with E-state index in [1.807, 2.05) is 32.0 Å². The van der Waals surface area contributed by atoms with Crippen LogP contribution < -0.4 is 4.90 Å². The molecular formula is C12H12INO2. The summed E-state index contributed by atoms with van der Waals surface area (Å²) in [4.78, 5) is 13.4. The van der Waals surface area contributed by atoms with Crippen molar-refractivity contribution in [3.63, 3.8) is 0 Å². The Morgan fingerprint density at radius 1 is 1.38 bits per heavy atom. The van der Waals surface area contributed by atoms with Gasteiger partial charge in [0.1, 0.15) is 5.76 Å². The van der Waals surface area contributed by atoms with E-state index in [0.717, 1.165) is 16.8 Å². The lowest BCUT2D eigenvalue weighted by Crippen LogP contribution is -2.24. The van der Waals surface area contributed by atoms with Crippen LogP contribution in [0, 0.1) is 13.8 Å². The third-order valence-corrected chi connectivity index (χ3v) is 3.28. The maximum atomic E-state index is 11.7. The van der Waals surface area contributed by atoms with Gasteiger partial charge in [-0.1, -0.05) is 18.2 Å². The molecule has 84 valence electrons. The van der Waals surface area contributed by atoms with E-state index < -0.39 is 0 Å². The van der Waals surface area contributed by atoms with Crippen LogP contribution in [0.15, 0.2) is 28.0 Å². The minimum Gasteiger partial charge on any atom is -0.412 e. The Bertz CT molecular complexity index is 448. The number of cyclic esters (lactones) is 1. The Labute approximate surface area is 108 Å². The maximum absolute atomic E-state index is 11.7. The topological polar surface area (TPSA) is 29.5 Å². The summed E-state index contributed by atoms with van der Waals surface area (Å²) in [5, 5.41) is 0. The molecule has 1 amide bonds. The smallest absolute Gasteiger partial charge is 0.412 e. The summed E-state index contributed by atoms with van der Waals surface area (Å²) in [6, 6.07) is 5.99. The van der Waals surface area contributed by atoms with Gasteiger partial charge in [0, 0.05) is 4.08 Å². The first kappa shape index (κ1) is 11.4. The normalized spacial score (nSPS) is 18.1. The van der Waals surface area contributed by atoms with E-state index >= 15 is 0 Å². The number of aryl methyl sites for hydroxylation is 2. The van der Waals surface area contributed by atoms with E-state index in [9.17, 15) is 4.79 Å². The van der Waals surface area contributed by atoms with Gasteiger partial charge < -0.3 is 4.74 Å². The van der Waals surface area contributed by atoms with Gasteiger partial charge in [0.05, 0.1) is 12.2 Å². The van der Waals surface area contributed by atoms with Crippen molar-refractivity contribution in [3.05, 3.63) is 39.2 Å². The van der Waals surface area contributed by atoms with Crippen molar-refractivity contribution in [2.24, 2.45) is 0 Å². The molecule has 0 radical (unpaired) electrons. The Morgan fingerprint density at radius 3 is 2.50 bits per heavy atom. The predicted molar refractivity (Wildman–Crippen MR) is 71.8 cm³/mol. The van der Waals surface area contributed by atoms with Crippen molar-refractivity contribution in [2.75, 3.05) is 11.4 Å². The summed E-state index contributed by atoms with van der Waals surface area (Å²) in [6.45, 7) is 4.52. The minimum atomic E-state index is -0.291. The molecule has 1 aliphatic rings. The Morgan fingerprint density at radius 2 is 2.00 bits per heavy atom. The van der Waals surface area contributed by atoms with Gasteiger partial charge in [0.2, 0.25) is 0 Å². The second-order valence-corrected chi connectivity index (χ2v) is 4.39. The van der Waals surface area contributed by atoms with E-state index in [-0.39, 0.29) is 6.09 Å². The van der Waals surface area contributed by atoms with E-state index in [2.05, 4.69) is 22.6 Å². The van der Waals surface area contributed by atoms with E-state index in [1.54, 1.807) is 8.98 Å². The van der Waals surface area contributed by atoms with Crippen LogP contribution in [0.3, 0.4) is 0 Å². The molecule has 0 aliphatic carbocycles. The third-order valence-electron chi connectivity index (χ3n) is 2.58. The fourth-order valence-electron chi connectivity index (χ4n) is 1.88. The molecule has 1 aromatic carbocycles. The zero-order valence-electron chi connectivity index (χ0n) is 9.16. The number of hydrogen-bond acceptors (Lipinski definition) is 2. The average molecular weight is 329 g/mol. The third kappa shape index (κ3) is 1.93. The Balaban J connectivity index is 2.42. The summed E-state index contributed by atoms with van der Waals surface area (Å²) < 4.78 is 6.92. The zero-order valence-corrected chi connectivity index (χ0v) is 11.3. The number of amides is 1. The van der Waals surface area contributed by atoms with E-state index in [4.69, 9.17) is 4.74 Å². The van der Waals surface area contributed by atoms with Gasteiger partial charge in [-0.2, -0.15) is 0 Å². The van der Waals surface area contributed by atoms with Crippen LogP contribution in [-0.4, -0.2) is 12.6 Å². The first-order valence-corrected chi connectivity index (χ1v) is 6.23. The van der Waals surface area contributed by atoms with Crippen LogP contribution in [0.25, 0.3) is 0 Å². The number of halogens is 1. The molecule has 2 rings (SSSR count). The number of carbonyl (C=O) groups is 1. The quantitative estimate of drug-likeness (QED) is 0.738. The SMILES string of the molecule is Cc1cccc(C)c1N1CC(=CI)OC1=O. The lowest BCUT2D eigenvalue weighted by atomic mass is 10.1. The maximum Gasteiger partial charge on any atom is 0.419 e. The minimum absolute atomic E-state index is 0.291. The first-order chi connectivity index (χ1) is 7.63. The van der Waals surface area contributed by atoms with E-state index in [0.29, 0.717) is 12.3 Å². The van der Waals surface area contributed by atoms with Gasteiger partial charge in [-0.05, 0) is 47.6 Å². The molecule has 1 saturated heterocycles. The fraction of sp³-hybridized carbons (Fsp3) is 0.250. The number of benzene rings is 1. The molecule has 0 aromatic heterocycles. The molecule has 0 atom stereocenters. The largest absolute Gasteiger partial charge is 0.419 e. The highest BCUT2D eigenvalue weighted by atomic mass is 127. The number of para-hydroxylation sites is 1. The standard InChI is InChI=1S/C12H12INO2/c1-8-4-3-5-9(2)11(8)14-7-10(6-13)16-12(14)15/h3-6H,7H2,1-2H3. The van der Waals surface area contributed by atoms with Crippen molar-refractivity contribution < 1.29 is 9.53 Å². The summed E-state index contributed by atoms with van der Waals surface area (Å²) in [7, 11) is 0. The van der Waals surface area contributed by atoms with Crippen LogP contribution in [0.5, 0.6) is 0 Å². The predicted octanol–water partition coefficient (Wildman–Crippen LogP) is 3.54. The van der Waals surface area contributed by atoms with E-state index in [1.165, 1.54) is 0 Å². The van der Waals surface area contributed by atoms with Gasteiger partial charge >= 0.3 is 6.09 Å². The second-order valence-electron chi connectivity index (χ2n) is 3.77. The summed E-state index contributed by atoms with van der Waals surface area (Å²) >= 11 is 2.08. The van der Waals surface area contributed by atoms with Gasteiger partial charge in [0.15, 0.2) is 0 Å².